The molecule has 0 spiro atoms. The van der Waals surface area contributed by atoms with Crippen LogP contribution in [0.15, 0.2) is 28.5 Å². The molecule has 27 heavy (non-hydrogen) atoms. The largest absolute Gasteiger partial charge is 0.495 e. The number of rotatable bonds is 7. The van der Waals surface area contributed by atoms with Crippen LogP contribution in [0.25, 0.3) is 0 Å². The highest BCUT2D eigenvalue weighted by Crippen LogP contribution is 2.28. The monoisotopic (exact) mass is 409 g/mol. The van der Waals surface area contributed by atoms with Gasteiger partial charge in [-0.25, -0.2) is 10.1 Å². The van der Waals surface area contributed by atoms with Crippen LogP contribution in [0.3, 0.4) is 0 Å². The van der Waals surface area contributed by atoms with Gasteiger partial charge in [0.1, 0.15) is 5.75 Å². The predicted octanol–water partition coefficient (Wildman–Crippen LogP) is 2.73. The van der Waals surface area contributed by atoms with Crippen molar-refractivity contribution in [1.29, 1.82) is 0 Å². The maximum Gasteiger partial charge on any atom is 0.264 e. The number of hydrazone groups is 1. The third-order valence-electron chi connectivity index (χ3n) is 3.93. The average Bonchev–Trinajstić information content (AvgIpc) is 3.28. The summed E-state index contributed by atoms with van der Waals surface area (Å²) < 4.78 is 6.48. The molecule has 1 fully saturated rings. The van der Waals surface area contributed by atoms with Gasteiger partial charge in [-0.05, 0) is 43.9 Å². The van der Waals surface area contributed by atoms with Crippen molar-refractivity contribution in [3.8, 4) is 5.75 Å². The summed E-state index contributed by atoms with van der Waals surface area (Å²) in [5, 5.41) is 15.9. The van der Waals surface area contributed by atoms with Crippen molar-refractivity contribution in [2.24, 2.45) is 5.10 Å². The van der Waals surface area contributed by atoms with Crippen LogP contribution in [0.1, 0.15) is 25.7 Å². The third kappa shape index (κ3) is 5.04. The zero-order chi connectivity index (χ0) is 19.2. The Labute approximate surface area is 165 Å². The number of halogens is 1. The highest BCUT2D eigenvalue weighted by Gasteiger charge is 2.14. The normalized spacial score (nSPS) is 13.5. The molecule has 1 aliphatic carbocycles. The maximum absolute atomic E-state index is 12.2. The SMILES string of the molecule is COc1ccc(Cl)cc1NC(=O)CSc1nnc(NN=C2CCCC2)n1N. The van der Waals surface area contributed by atoms with Crippen LogP contribution in [-0.4, -0.2) is 39.4 Å². The number of aromatic nitrogens is 3. The van der Waals surface area contributed by atoms with Crippen molar-refractivity contribution in [2.75, 3.05) is 29.4 Å². The molecule has 0 aliphatic heterocycles. The molecule has 144 valence electrons. The zero-order valence-corrected chi connectivity index (χ0v) is 16.3. The molecule has 3 rings (SSSR count). The summed E-state index contributed by atoms with van der Waals surface area (Å²) in [7, 11) is 1.52. The van der Waals surface area contributed by atoms with Gasteiger partial charge in [-0.2, -0.15) is 5.10 Å². The van der Waals surface area contributed by atoms with Gasteiger partial charge in [0.2, 0.25) is 11.1 Å². The molecule has 1 aromatic heterocycles. The molecule has 1 heterocycles. The van der Waals surface area contributed by atoms with Crippen LogP contribution in [0.5, 0.6) is 5.75 Å². The van der Waals surface area contributed by atoms with E-state index in [1.165, 1.54) is 11.8 Å². The molecule has 9 nitrogen and oxygen atoms in total. The second kappa shape index (κ2) is 8.96. The summed E-state index contributed by atoms with van der Waals surface area (Å²) in [4.78, 5) is 12.2. The summed E-state index contributed by atoms with van der Waals surface area (Å²) in [6.07, 6.45) is 4.29. The van der Waals surface area contributed by atoms with Gasteiger partial charge in [0.25, 0.3) is 5.95 Å². The fraction of sp³-hybridized carbons (Fsp3) is 0.375. The number of nitrogens with one attached hydrogen (secondary N) is 2. The number of nitrogens with zero attached hydrogens (tertiary/aromatic N) is 4. The number of benzene rings is 1. The van der Waals surface area contributed by atoms with Crippen molar-refractivity contribution in [2.45, 2.75) is 30.8 Å². The highest BCUT2D eigenvalue weighted by molar-refractivity contribution is 7.99. The molecule has 0 radical (unpaired) electrons. The minimum atomic E-state index is -0.246. The van der Waals surface area contributed by atoms with Crippen LogP contribution in [-0.2, 0) is 4.79 Å². The Morgan fingerprint density at radius 1 is 1.41 bits per heavy atom. The lowest BCUT2D eigenvalue weighted by Gasteiger charge is -2.10. The number of ether oxygens (including phenoxy) is 1. The van der Waals surface area contributed by atoms with E-state index in [1.807, 2.05) is 0 Å². The molecule has 4 N–H and O–H groups in total. The van der Waals surface area contributed by atoms with Crippen molar-refractivity contribution >= 4 is 46.6 Å². The van der Waals surface area contributed by atoms with E-state index in [2.05, 4.69) is 26.0 Å². The van der Waals surface area contributed by atoms with E-state index in [9.17, 15) is 4.79 Å². The van der Waals surface area contributed by atoms with Crippen LogP contribution in [0.4, 0.5) is 11.6 Å². The number of nitrogens with two attached hydrogens (primary N) is 1. The second-order valence-electron chi connectivity index (χ2n) is 5.85. The summed E-state index contributed by atoms with van der Waals surface area (Å²) in [6, 6.07) is 5.00. The molecule has 1 amide bonds. The third-order valence-corrected chi connectivity index (χ3v) is 5.11. The first-order valence-electron chi connectivity index (χ1n) is 8.35. The molecule has 0 saturated heterocycles. The molecule has 0 unspecified atom stereocenters. The van der Waals surface area contributed by atoms with Gasteiger partial charge >= 0.3 is 0 Å². The van der Waals surface area contributed by atoms with Crippen molar-refractivity contribution < 1.29 is 9.53 Å². The first-order chi connectivity index (χ1) is 13.1. The first kappa shape index (κ1) is 19.3. The van der Waals surface area contributed by atoms with Crippen molar-refractivity contribution in [3.63, 3.8) is 0 Å². The van der Waals surface area contributed by atoms with Gasteiger partial charge in [-0.1, -0.05) is 23.4 Å². The van der Waals surface area contributed by atoms with Crippen LogP contribution in [0, 0.1) is 0 Å². The van der Waals surface area contributed by atoms with E-state index in [1.54, 1.807) is 18.2 Å². The Morgan fingerprint density at radius 2 is 2.19 bits per heavy atom. The van der Waals surface area contributed by atoms with E-state index in [0.717, 1.165) is 43.2 Å². The Bertz CT molecular complexity index is 847. The zero-order valence-electron chi connectivity index (χ0n) is 14.7. The van der Waals surface area contributed by atoms with E-state index >= 15 is 0 Å². The highest BCUT2D eigenvalue weighted by atomic mass is 35.5. The predicted molar refractivity (Wildman–Crippen MR) is 107 cm³/mol. The van der Waals surface area contributed by atoms with Crippen molar-refractivity contribution in [3.05, 3.63) is 23.2 Å². The Morgan fingerprint density at radius 3 is 2.93 bits per heavy atom. The number of hydrogen-bond donors (Lipinski definition) is 3. The number of carbonyl (C=O) groups excluding carboxylic acids is 1. The lowest BCUT2D eigenvalue weighted by Crippen LogP contribution is -2.17. The Balaban J connectivity index is 1.56. The molecule has 1 aromatic carbocycles. The molecular weight excluding hydrogens is 390 g/mol. The fourth-order valence-electron chi connectivity index (χ4n) is 2.57. The van der Waals surface area contributed by atoms with E-state index in [-0.39, 0.29) is 11.7 Å². The molecule has 11 heteroatoms. The summed E-state index contributed by atoms with van der Waals surface area (Å²) in [5.74, 6) is 6.67. The number of carbonyl (C=O) groups is 1. The lowest BCUT2D eigenvalue weighted by atomic mass is 10.3. The van der Waals surface area contributed by atoms with Crippen LogP contribution < -0.4 is 21.3 Å². The van der Waals surface area contributed by atoms with E-state index in [0.29, 0.717) is 27.6 Å². The van der Waals surface area contributed by atoms with Gasteiger partial charge in [0, 0.05) is 10.7 Å². The minimum Gasteiger partial charge on any atom is -0.495 e. The van der Waals surface area contributed by atoms with Crippen LogP contribution >= 0.6 is 23.4 Å². The van der Waals surface area contributed by atoms with Gasteiger partial charge in [-0.3, -0.25) is 4.79 Å². The number of thioether (sulfide) groups is 1. The van der Waals surface area contributed by atoms with Gasteiger partial charge in [-0.15, -0.1) is 10.2 Å². The number of amides is 1. The molecule has 0 bridgehead atoms. The number of anilines is 2. The van der Waals surface area contributed by atoms with Crippen LogP contribution in [0.2, 0.25) is 5.02 Å². The van der Waals surface area contributed by atoms with Crippen molar-refractivity contribution in [1.82, 2.24) is 14.9 Å². The van der Waals surface area contributed by atoms with Gasteiger partial charge < -0.3 is 15.9 Å². The summed E-state index contributed by atoms with van der Waals surface area (Å²) in [6.45, 7) is 0. The standard InChI is InChI=1S/C16H20ClN7O2S/c1-26-13-7-6-10(17)8-12(13)19-14(25)9-27-16-23-22-15(24(16)18)21-20-11-4-2-3-5-11/h6-8H,2-5,9,18H2,1H3,(H,19,25)(H,21,22). The molecule has 2 aromatic rings. The topological polar surface area (TPSA) is 119 Å². The Kier molecular flexibility index (Phi) is 6.40. The maximum atomic E-state index is 12.2. The van der Waals surface area contributed by atoms with Gasteiger partial charge in [0.05, 0.1) is 18.6 Å². The summed E-state index contributed by atoms with van der Waals surface area (Å²) in [5.41, 5.74) is 4.43. The number of hydrogen-bond acceptors (Lipinski definition) is 8. The fourth-order valence-corrected chi connectivity index (χ4v) is 3.40. The minimum absolute atomic E-state index is 0.0967. The average molecular weight is 410 g/mol. The van der Waals surface area contributed by atoms with Gasteiger partial charge in [0.15, 0.2) is 0 Å². The van der Waals surface area contributed by atoms with E-state index < -0.39 is 0 Å². The number of nitrogen functional groups attached to an aromatic ring is 1. The number of methoxy groups -OCH3 is 1. The summed E-state index contributed by atoms with van der Waals surface area (Å²) >= 11 is 7.12. The quantitative estimate of drug-likeness (QED) is 0.365. The molecule has 1 saturated carbocycles. The molecular formula is C16H20ClN7O2S. The smallest absolute Gasteiger partial charge is 0.264 e. The lowest BCUT2D eigenvalue weighted by molar-refractivity contribution is -0.113. The molecule has 1 aliphatic rings. The first-order valence-corrected chi connectivity index (χ1v) is 9.71. The second-order valence-corrected chi connectivity index (χ2v) is 7.23. The van der Waals surface area contributed by atoms with E-state index in [4.69, 9.17) is 22.2 Å². The molecule has 0 atom stereocenters. The Hall–Kier alpha value is -2.46.